The number of rotatable bonds is 6. The number of phenols is 1. The van der Waals surface area contributed by atoms with Crippen LogP contribution < -0.4 is 10.2 Å². The normalized spacial score (nSPS) is 11.9. The fourth-order valence-corrected chi connectivity index (χ4v) is 2.00. The fraction of sp³-hybridized carbons (Fsp3) is 0.125. The summed E-state index contributed by atoms with van der Waals surface area (Å²) in [5.74, 6) is -1.47. The smallest absolute Gasteiger partial charge is 0.315 e. The molecule has 2 aromatic carbocycles. The molecule has 0 saturated carbocycles. The van der Waals surface area contributed by atoms with Crippen LogP contribution in [0.25, 0.3) is 0 Å². The number of carbonyl (C=O) groups is 1. The van der Waals surface area contributed by atoms with E-state index in [4.69, 9.17) is 4.74 Å². The molecule has 25 heavy (non-hydrogen) atoms. The van der Waals surface area contributed by atoms with Crippen molar-refractivity contribution in [2.45, 2.75) is 6.10 Å². The number of methoxy groups -OCH3 is 1. The molecule has 2 aromatic rings. The minimum Gasteiger partial charge on any atom is -0.500 e. The van der Waals surface area contributed by atoms with Crippen LogP contribution in [0.1, 0.15) is 17.2 Å². The number of nitrogens with one attached hydrogen (secondary N) is 1. The molecule has 0 fully saturated rings. The molecule has 9 nitrogen and oxygen atoms in total. The molecule has 0 bridgehead atoms. The predicted molar refractivity (Wildman–Crippen MR) is 88.5 cm³/mol. The van der Waals surface area contributed by atoms with Crippen molar-refractivity contribution in [3.05, 3.63) is 63.7 Å². The number of phenolic OH excluding ortho intramolecular Hbond substituents is 1. The summed E-state index contributed by atoms with van der Waals surface area (Å²) in [5, 5.41) is 34.1. The van der Waals surface area contributed by atoms with E-state index in [1.807, 2.05) is 0 Å². The largest absolute Gasteiger partial charge is 0.500 e. The Kier molecular flexibility index (Phi) is 5.64. The third-order valence-corrected chi connectivity index (χ3v) is 3.25. The number of nitro benzene ring substituents is 1. The number of hydrogen-bond acceptors (Lipinski definition) is 7. The van der Waals surface area contributed by atoms with Gasteiger partial charge in [-0.1, -0.05) is 30.3 Å². The first-order chi connectivity index (χ1) is 11.9. The van der Waals surface area contributed by atoms with Gasteiger partial charge in [0.15, 0.2) is 11.9 Å². The van der Waals surface area contributed by atoms with Gasteiger partial charge in [-0.3, -0.25) is 14.9 Å². The highest BCUT2D eigenvalue weighted by molar-refractivity contribution is 5.86. The van der Waals surface area contributed by atoms with Gasteiger partial charge in [-0.25, -0.2) is 5.43 Å². The van der Waals surface area contributed by atoms with E-state index >= 15 is 0 Å². The molecule has 0 spiro atoms. The van der Waals surface area contributed by atoms with Gasteiger partial charge in [0, 0.05) is 11.6 Å². The van der Waals surface area contributed by atoms with E-state index in [1.165, 1.54) is 13.2 Å². The van der Waals surface area contributed by atoms with Gasteiger partial charge in [-0.2, -0.15) is 5.10 Å². The van der Waals surface area contributed by atoms with E-state index in [2.05, 4.69) is 10.5 Å². The molecule has 0 aliphatic heterocycles. The summed E-state index contributed by atoms with van der Waals surface area (Å²) < 4.78 is 4.86. The highest BCUT2D eigenvalue weighted by Gasteiger charge is 2.19. The quantitative estimate of drug-likeness (QED) is 0.412. The van der Waals surface area contributed by atoms with E-state index in [1.54, 1.807) is 30.3 Å². The number of aliphatic hydroxyl groups is 1. The number of benzene rings is 2. The lowest BCUT2D eigenvalue weighted by molar-refractivity contribution is -0.386. The highest BCUT2D eigenvalue weighted by Crippen LogP contribution is 2.36. The maximum Gasteiger partial charge on any atom is 0.315 e. The van der Waals surface area contributed by atoms with Crippen LogP contribution in [0.3, 0.4) is 0 Å². The summed E-state index contributed by atoms with van der Waals surface area (Å²) in [6.45, 7) is 0. The first-order valence-corrected chi connectivity index (χ1v) is 7.05. The van der Waals surface area contributed by atoms with Crippen molar-refractivity contribution in [3.63, 3.8) is 0 Å². The Morgan fingerprint density at radius 2 is 2.04 bits per heavy atom. The lowest BCUT2D eigenvalue weighted by Gasteiger charge is -2.08. The Morgan fingerprint density at radius 3 is 2.64 bits per heavy atom. The number of hydrogen-bond donors (Lipinski definition) is 3. The van der Waals surface area contributed by atoms with Crippen molar-refractivity contribution >= 4 is 17.8 Å². The number of hydrazone groups is 1. The zero-order valence-corrected chi connectivity index (χ0v) is 13.1. The molecule has 0 heterocycles. The van der Waals surface area contributed by atoms with E-state index < -0.39 is 28.4 Å². The first-order valence-electron chi connectivity index (χ1n) is 7.05. The van der Waals surface area contributed by atoms with Gasteiger partial charge in [0.1, 0.15) is 0 Å². The Hall–Kier alpha value is -3.46. The minimum absolute atomic E-state index is 0.105. The summed E-state index contributed by atoms with van der Waals surface area (Å²) in [4.78, 5) is 22.0. The molecular formula is C16H15N3O6. The van der Waals surface area contributed by atoms with Crippen molar-refractivity contribution in [3.8, 4) is 11.5 Å². The second-order valence-electron chi connectivity index (χ2n) is 4.90. The number of carbonyl (C=O) groups excluding carboxylic acids is 1. The third-order valence-electron chi connectivity index (χ3n) is 3.25. The van der Waals surface area contributed by atoms with Crippen LogP contribution in [0.5, 0.6) is 11.5 Å². The Bertz CT molecular complexity index is 807. The summed E-state index contributed by atoms with van der Waals surface area (Å²) in [6.07, 6.45) is -0.271. The van der Waals surface area contributed by atoms with Crippen LogP contribution in [-0.2, 0) is 4.79 Å². The topological polar surface area (TPSA) is 134 Å². The van der Waals surface area contributed by atoms with E-state index in [9.17, 15) is 25.1 Å². The minimum atomic E-state index is -1.40. The standard InChI is InChI=1S/C16H15N3O6/c1-25-13-8-10(7-12(15(13)21)19(23)24)9-17-18-16(22)14(20)11-5-3-2-4-6-11/h2-9,14,20-21H,1H3,(H,18,22)/t14-/m1/s1. The maximum absolute atomic E-state index is 11.8. The average molecular weight is 345 g/mol. The van der Waals surface area contributed by atoms with Crippen LogP contribution >= 0.6 is 0 Å². The van der Waals surface area contributed by atoms with Gasteiger partial charge >= 0.3 is 5.69 Å². The molecule has 0 radical (unpaired) electrons. The molecule has 130 valence electrons. The molecule has 0 saturated heterocycles. The van der Waals surface area contributed by atoms with Gasteiger partial charge in [0.2, 0.25) is 5.75 Å². The lowest BCUT2D eigenvalue weighted by Crippen LogP contribution is -2.25. The molecule has 1 atom stereocenters. The van der Waals surface area contributed by atoms with Crippen molar-refractivity contribution in [1.82, 2.24) is 5.43 Å². The lowest BCUT2D eigenvalue weighted by atomic mass is 10.1. The Morgan fingerprint density at radius 1 is 1.36 bits per heavy atom. The summed E-state index contributed by atoms with van der Waals surface area (Å²) in [5.41, 5.74) is 2.20. The van der Waals surface area contributed by atoms with Gasteiger partial charge in [-0.05, 0) is 11.6 Å². The molecule has 0 aliphatic carbocycles. The number of ether oxygens (including phenoxy) is 1. The molecule has 0 aliphatic rings. The summed E-state index contributed by atoms with van der Waals surface area (Å²) in [7, 11) is 1.25. The molecule has 0 unspecified atom stereocenters. The zero-order chi connectivity index (χ0) is 18.4. The van der Waals surface area contributed by atoms with Crippen molar-refractivity contribution in [2.24, 2.45) is 5.10 Å². The molecule has 9 heteroatoms. The monoisotopic (exact) mass is 345 g/mol. The van der Waals surface area contributed by atoms with Crippen LogP contribution in [0.2, 0.25) is 0 Å². The number of amides is 1. The number of aliphatic hydroxyl groups excluding tert-OH is 1. The summed E-state index contributed by atoms with van der Waals surface area (Å²) >= 11 is 0. The Labute approximate surface area is 142 Å². The molecule has 0 aromatic heterocycles. The predicted octanol–water partition coefficient (Wildman–Crippen LogP) is 1.49. The first kappa shape index (κ1) is 17.9. The second kappa shape index (κ2) is 7.88. The van der Waals surface area contributed by atoms with Crippen LogP contribution in [-0.4, -0.2) is 34.4 Å². The molecule has 1 amide bonds. The second-order valence-corrected chi connectivity index (χ2v) is 4.90. The number of aromatic hydroxyl groups is 1. The molecule has 3 N–H and O–H groups in total. The van der Waals surface area contributed by atoms with Crippen LogP contribution in [0.15, 0.2) is 47.6 Å². The van der Waals surface area contributed by atoms with Crippen molar-refractivity contribution in [1.29, 1.82) is 0 Å². The Balaban J connectivity index is 2.13. The van der Waals surface area contributed by atoms with E-state index in [-0.39, 0.29) is 11.3 Å². The number of nitrogens with zero attached hydrogens (tertiary/aromatic N) is 2. The zero-order valence-electron chi connectivity index (χ0n) is 13.1. The van der Waals surface area contributed by atoms with Gasteiger partial charge in [0.05, 0.1) is 18.2 Å². The maximum atomic E-state index is 11.8. The van der Waals surface area contributed by atoms with E-state index in [0.717, 1.165) is 12.3 Å². The van der Waals surface area contributed by atoms with Crippen molar-refractivity contribution in [2.75, 3.05) is 7.11 Å². The van der Waals surface area contributed by atoms with Gasteiger partial charge in [-0.15, -0.1) is 0 Å². The highest BCUT2D eigenvalue weighted by atomic mass is 16.6. The van der Waals surface area contributed by atoms with E-state index in [0.29, 0.717) is 5.56 Å². The SMILES string of the molecule is COc1cc(C=NNC(=O)[C@H](O)c2ccccc2)cc([N+](=O)[O-])c1O. The molecule has 2 rings (SSSR count). The van der Waals surface area contributed by atoms with Gasteiger partial charge < -0.3 is 14.9 Å². The van der Waals surface area contributed by atoms with Gasteiger partial charge in [0.25, 0.3) is 5.91 Å². The van der Waals surface area contributed by atoms with Crippen molar-refractivity contribution < 1.29 is 24.7 Å². The summed E-state index contributed by atoms with van der Waals surface area (Å²) in [6, 6.07) is 10.7. The number of nitro groups is 1. The van der Waals surface area contributed by atoms with Crippen LogP contribution in [0, 0.1) is 10.1 Å². The third kappa shape index (κ3) is 4.30. The molecular weight excluding hydrogens is 330 g/mol. The fourth-order valence-electron chi connectivity index (χ4n) is 2.00. The average Bonchev–Trinajstić information content (AvgIpc) is 2.62. The van der Waals surface area contributed by atoms with Crippen LogP contribution in [0.4, 0.5) is 5.69 Å².